The number of benzene rings is 1. The van der Waals surface area contributed by atoms with Crippen molar-refractivity contribution in [3.05, 3.63) is 29.8 Å². The van der Waals surface area contributed by atoms with E-state index in [1.165, 1.54) is 0 Å². The van der Waals surface area contributed by atoms with E-state index in [1.54, 1.807) is 0 Å². The van der Waals surface area contributed by atoms with Crippen LogP contribution < -0.4 is 10.1 Å². The number of ether oxygens (including phenoxy) is 1. The van der Waals surface area contributed by atoms with Crippen molar-refractivity contribution in [2.45, 2.75) is 6.42 Å². The standard InChI is InChI=1S/C11H13F2NO3/c12-8-4-9(13)6-10(5-8)17-7-11(16)14-2-1-3-15/h4-6,15H,1-3,7H2,(H,14,16). The molecular formula is C11H13F2NO3. The Hall–Kier alpha value is -1.69. The third kappa shape index (κ3) is 5.26. The molecule has 0 bridgehead atoms. The molecule has 6 heteroatoms. The van der Waals surface area contributed by atoms with Gasteiger partial charge in [0, 0.05) is 31.4 Å². The first-order valence-electron chi connectivity index (χ1n) is 5.08. The number of halogens is 2. The van der Waals surface area contributed by atoms with Gasteiger partial charge in [0.25, 0.3) is 5.91 Å². The molecule has 0 aliphatic carbocycles. The van der Waals surface area contributed by atoms with E-state index in [4.69, 9.17) is 9.84 Å². The fourth-order valence-electron chi connectivity index (χ4n) is 1.12. The van der Waals surface area contributed by atoms with E-state index in [0.717, 1.165) is 12.1 Å². The highest BCUT2D eigenvalue weighted by molar-refractivity contribution is 5.77. The summed E-state index contributed by atoms with van der Waals surface area (Å²) in [6.45, 7) is -0.0131. The maximum absolute atomic E-state index is 12.8. The highest BCUT2D eigenvalue weighted by atomic mass is 19.1. The molecule has 1 rings (SSSR count). The van der Waals surface area contributed by atoms with Gasteiger partial charge in [-0.1, -0.05) is 0 Å². The third-order valence-corrected chi connectivity index (χ3v) is 1.86. The van der Waals surface area contributed by atoms with Gasteiger partial charge in [0.2, 0.25) is 0 Å². The summed E-state index contributed by atoms with van der Waals surface area (Å²) in [5.41, 5.74) is 0. The molecule has 0 aliphatic heterocycles. The number of nitrogens with one attached hydrogen (secondary N) is 1. The van der Waals surface area contributed by atoms with Gasteiger partial charge >= 0.3 is 0 Å². The Bertz CT molecular complexity index is 365. The molecule has 0 spiro atoms. The zero-order chi connectivity index (χ0) is 12.7. The number of carbonyl (C=O) groups is 1. The number of hydrogen-bond acceptors (Lipinski definition) is 3. The second-order valence-corrected chi connectivity index (χ2v) is 3.32. The summed E-state index contributed by atoms with van der Waals surface area (Å²) in [5.74, 6) is -1.98. The van der Waals surface area contributed by atoms with Crippen molar-refractivity contribution >= 4 is 5.91 Å². The van der Waals surface area contributed by atoms with Gasteiger partial charge in [-0.05, 0) is 6.42 Å². The topological polar surface area (TPSA) is 58.6 Å². The van der Waals surface area contributed by atoms with Crippen LogP contribution in [0.15, 0.2) is 18.2 Å². The average molecular weight is 245 g/mol. The fourth-order valence-corrected chi connectivity index (χ4v) is 1.12. The Morgan fingerprint density at radius 1 is 1.29 bits per heavy atom. The molecule has 1 aromatic rings. The number of aliphatic hydroxyl groups is 1. The van der Waals surface area contributed by atoms with Crippen LogP contribution in [0, 0.1) is 11.6 Å². The SMILES string of the molecule is O=C(COc1cc(F)cc(F)c1)NCCCO. The van der Waals surface area contributed by atoms with Crippen LogP contribution in [0.3, 0.4) is 0 Å². The first kappa shape index (κ1) is 13.4. The van der Waals surface area contributed by atoms with E-state index in [-0.39, 0.29) is 19.0 Å². The zero-order valence-corrected chi connectivity index (χ0v) is 9.08. The molecule has 0 saturated carbocycles. The highest BCUT2D eigenvalue weighted by Crippen LogP contribution is 2.14. The van der Waals surface area contributed by atoms with E-state index >= 15 is 0 Å². The molecule has 0 aliphatic rings. The lowest BCUT2D eigenvalue weighted by atomic mass is 10.3. The van der Waals surface area contributed by atoms with Crippen molar-refractivity contribution in [1.82, 2.24) is 5.32 Å². The Morgan fingerprint density at radius 2 is 1.94 bits per heavy atom. The van der Waals surface area contributed by atoms with Crippen LogP contribution in [0.5, 0.6) is 5.75 Å². The molecule has 4 nitrogen and oxygen atoms in total. The minimum Gasteiger partial charge on any atom is -0.484 e. The Labute approximate surface area is 97.2 Å². The van der Waals surface area contributed by atoms with Crippen molar-refractivity contribution < 1.29 is 23.4 Å². The maximum atomic E-state index is 12.8. The second kappa shape index (κ2) is 6.80. The summed E-state index contributed by atoms with van der Waals surface area (Å²) >= 11 is 0. The predicted molar refractivity (Wildman–Crippen MR) is 56.6 cm³/mol. The molecule has 94 valence electrons. The Balaban J connectivity index is 2.36. The minimum atomic E-state index is -0.763. The predicted octanol–water partition coefficient (Wildman–Crippen LogP) is 0.842. The van der Waals surface area contributed by atoms with Crippen LogP contribution in [-0.2, 0) is 4.79 Å². The maximum Gasteiger partial charge on any atom is 0.257 e. The van der Waals surface area contributed by atoms with Crippen LogP contribution in [0.1, 0.15) is 6.42 Å². The normalized spacial score (nSPS) is 10.1. The lowest BCUT2D eigenvalue weighted by Gasteiger charge is -2.07. The molecule has 0 saturated heterocycles. The van der Waals surface area contributed by atoms with Crippen LogP contribution in [-0.4, -0.2) is 30.8 Å². The molecule has 1 amide bonds. The molecule has 17 heavy (non-hydrogen) atoms. The monoisotopic (exact) mass is 245 g/mol. The number of amides is 1. The van der Waals surface area contributed by atoms with Gasteiger partial charge in [0.05, 0.1) is 0 Å². The second-order valence-electron chi connectivity index (χ2n) is 3.32. The first-order valence-corrected chi connectivity index (χ1v) is 5.08. The quantitative estimate of drug-likeness (QED) is 0.730. The summed E-state index contributed by atoms with van der Waals surface area (Å²) < 4.78 is 30.4. The van der Waals surface area contributed by atoms with Crippen molar-refractivity contribution in [3.8, 4) is 5.75 Å². The fraction of sp³-hybridized carbons (Fsp3) is 0.364. The molecule has 0 aromatic heterocycles. The summed E-state index contributed by atoms with van der Waals surface area (Å²) in [6.07, 6.45) is 0.445. The van der Waals surface area contributed by atoms with Gasteiger partial charge in [-0.2, -0.15) is 0 Å². The lowest BCUT2D eigenvalue weighted by molar-refractivity contribution is -0.123. The van der Waals surface area contributed by atoms with Gasteiger partial charge in [-0.15, -0.1) is 0 Å². The number of hydrogen-bond donors (Lipinski definition) is 2. The van der Waals surface area contributed by atoms with Crippen molar-refractivity contribution in [1.29, 1.82) is 0 Å². The summed E-state index contributed by atoms with van der Waals surface area (Å²) in [5, 5.41) is 11.0. The summed E-state index contributed by atoms with van der Waals surface area (Å²) in [4.78, 5) is 11.2. The molecule has 2 N–H and O–H groups in total. The van der Waals surface area contributed by atoms with Crippen molar-refractivity contribution in [2.75, 3.05) is 19.8 Å². The van der Waals surface area contributed by atoms with Crippen LogP contribution in [0.25, 0.3) is 0 Å². The van der Waals surface area contributed by atoms with Crippen LogP contribution in [0.2, 0.25) is 0 Å². The zero-order valence-electron chi connectivity index (χ0n) is 9.08. The molecule has 1 aromatic carbocycles. The third-order valence-electron chi connectivity index (χ3n) is 1.86. The van der Waals surface area contributed by atoms with Gasteiger partial charge in [0.15, 0.2) is 6.61 Å². The molecule has 0 fully saturated rings. The van der Waals surface area contributed by atoms with Crippen molar-refractivity contribution in [3.63, 3.8) is 0 Å². The molecule has 0 radical (unpaired) electrons. The van der Waals surface area contributed by atoms with E-state index in [1.807, 2.05) is 0 Å². The Morgan fingerprint density at radius 3 is 2.53 bits per heavy atom. The summed E-state index contributed by atoms with van der Waals surface area (Å²) in [7, 11) is 0. The van der Waals surface area contributed by atoms with Crippen molar-refractivity contribution in [2.24, 2.45) is 0 Å². The van der Waals surface area contributed by atoms with Gasteiger partial charge in [0.1, 0.15) is 17.4 Å². The molecule has 0 atom stereocenters. The van der Waals surface area contributed by atoms with E-state index in [2.05, 4.69) is 5.32 Å². The van der Waals surface area contributed by atoms with Crippen LogP contribution in [0.4, 0.5) is 8.78 Å². The van der Waals surface area contributed by atoms with Crippen LogP contribution >= 0.6 is 0 Å². The van der Waals surface area contributed by atoms with Gasteiger partial charge in [-0.3, -0.25) is 4.79 Å². The van der Waals surface area contributed by atoms with Gasteiger partial charge in [-0.25, -0.2) is 8.78 Å². The average Bonchev–Trinajstić information content (AvgIpc) is 2.25. The molecule has 0 heterocycles. The number of rotatable bonds is 6. The smallest absolute Gasteiger partial charge is 0.257 e. The first-order chi connectivity index (χ1) is 8.11. The van der Waals surface area contributed by atoms with E-state index in [0.29, 0.717) is 19.0 Å². The molecule has 0 unspecified atom stereocenters. The number of aliphatic hydroxyl groups excluding tert-OH is 1. The Kier molecular flexibility index (Phi) is 5.35. The lowest BCUT2D eigenvalue weighted by Crippen LogP contribution is -2.30. The molecular weight excluding hydrogens is 232 g/mol. The van der Waals surface area contributed by atoms with E-state index in [9.17, 15) is 13.6 Å². The largest absolute Gasteiger partial charge is 0.484 e. The number of carbonyl (C=O) groups excluding carboxylic acids is 1. The highest BCUT2D eigenvalue weighted by Gasteiger charge is 2.04. The minimum absolute atomic E-state index is 0.0176. The summed E-state index contributed by atoms with van der Waals surface area (Å²) in [6, 6.07) is 2.70. The van der Waals surface area contributed by atoms with E-state index < -0.39 is 17.5 Å². The van der Waals surface area contributed by atoms with Gasteiger partial charge < -0.3 is 15.2 Å².